The van der Waals surface area contributed by atoms with Crippen LogP contribution in [0.4, 0.5) is 0 Å². The molecule has 3 heteroatoms. The van der Waals surface area contributed by atoms with Crippen LogP contribution in [0.3, 0.4) is 0 Å². The van der Waals surface area contributed by atoms with Crippen LogP contribution in [0.15, 0.2) is 47.6 Å². The number of hydrogen-bond acceptors (Lipinski definition) is 3. The highest BCUT2D eigenvalue weighted by Gasteiger charge is 2.51. The summed E-state index contributed by atoms with van der Waals surface area (Å²) in [5.74, 6) is 1.73. The fourth-order valence-corrected chi connectivity index (χ4v) is 7.99. The summed E-state index contributed by atoms with van der Waals surface area (Å²) in [6.45, 7) is 11.2. The molecule has 4 fully saturated rings. The molecule has 4 saturated carbocycles. The number of aliphatic hydroxyl groups is 3. The first kappa shape index (κ1) is 27.9. The maximum absolute atomic E-state index is 11.0. The molecule has 0 aromatic rings. The molecule has 202 valence electrons. The highest BCUT2D eigenvalue weighted by atomic mass is 16.3. The smallest absolute Gasteiger partial charge is 0.0811 e. The van der Waals surface area contributed by atoms with E-state index in [0.29, 0.717) is 36.0 Å². The van der Waals surface area contributed by atoms with E-state index in [4.69, 9.17) is 0 Å². The molecule has 4 rings (SSSR count). The van der Waals surface area contributed by atoms with Gasteiger partial charge in [-0.05, 0) is 97.5 Å². The second-order valence-corrected chi connectivity index (χ2v) is 13.0. The molecule has 0 aliphatic heterocycles. The zero-order valence-corrected chi connectivity index (χ0v) is 23.2. The molecule has 36 heavy (non-hydrogen) atoms. The van der Waals surface area contributed by atoms with Gasteiger partial charge in [-0.1, -0.05) is 82.9 Å². The Morgan fingerprint density at radius 2 is 1.83 bits per heavy atom. The van der Waals surface area contributed by atoms with Gasteiger partial charge >= 0.3 is 0 Å². The van der Waals surface area contributed by atoms with E-state index in [9.17, 15) is 15.3 Å². The molecule has 0 spiro atoms. The van der Waals surface area contributed by atoms with E-state index in [0.717, 1.165) is 17.6 Å². The molecule has 0 unspecified atom stereocenters. The number of rotatable bonds is 10. The molecule has 0 bridgehead atoms. The zero-order valence-electron chi connectivity index (χ0n) is 23.2. The summed E-state index contributed by atoms with van der Waals surface area (Å²) < 4.78 is 0. The molecule has 0 aromatic heterocycles. The van der Waals surface area contributed by atoms with Gasteiger partial charge < -0.3 is 15.3 Å². The van der Waals surface area contributed by atoms with E-state index in [1.165, 1.54) is 70.6 Å². The zero-order chi connectivity index (χ0) is 25.9. The van der Waals surface area contributed by atoms with E-state index in [1.54, 1.807) is 5.57 Å². The molecule has 3 N–H and O–H groups in total. The molecule has 0 heterocycles. The quantitative estimate of drug-likeness (QED) is 0.218. The van der Waals surface area contributed by atoms with E-state index < -0.39 is 12.2 Å². The first-order chi connectivity index (χ1) is 17.2. The topological polar surface area (TPSA) is 60.7 Å². The summed E-state index contributed by atoms with van der Waals surface area (Å²) in [5.41, 5.74) is 3.80. The average Bonchev–Trinajstić information content (AvgIpc) is 3.55. The SMILES string of the molecule is C=C1/C(=C\C=C2/CCC[C@]3(C)[C@@H]([C@H](C)/C=C/[C@H](O)C4(CCCCCC)CC4)CC[C@@H]23)C[C@@H](O)C[C@@H]1O. The molecule has 0 amide bonds. The van der Waals surface area contributed by atoms with Crippen molar-refractivity contribution in [2.24, 2.45) is 28.6 Å². The molecule has 4 aliphatic rings. The van der Waals surface area contributed by atoms with Crippen molar-refractivity contribution in [3.05, 3.63) is 47.6 Å². The van der Waals surface area contributed by atoms with Crippen LogP contribution in [0, 0.1) is 28.6 Å². The van der Waals surface area contributed by atoms with E-state index in [-0.39, 0.29) is 11.5 Å². The number of hydrogen-bond donors (Lipinski definition) is 3. The molecule has 7 atom stereocenters. The lowest BCUT2D eigenvalue weighted by Gasteiger charge is -2.44. The van der Waals surface area contributed by atoms with Gasteiger partial charge in [0.2, 0.25) is 0 Å². The predicted octanol–water partition coefficient (Wildman–Crippen LogP) is 7.43. The van der Waals surface area contributed by atoms with Crippen LogP contribution in [0.25, 0.3) is 0 Å². The lowest BCUT2D eigenvalue weighted by Crippen LogP contribution is -2.35. The number of fused-ring (bicyclic) bond motifs is 1. The van der Waals surface area contributed by atoms with Crippen molar-refractivity contribution in [3.8, 4) is 0 Å². The van der Waals surface area contributed by atoms with Crippen LogP contribution in [-0.4, -0.2) is 33.6 Å². The summed E-state index contributed by atoms with van der Waals surface area (Å²) >= 11 is 0. The molecule has 0 radical (unpaired) electrons. The van der Waals surface area contributed by atoms with E-state index in [1.807, 2.05) is 0 Å². The first-order valence-corrected chi connectivity index (χ1v) is 15.0. The highest BCUT2D eigenvalue weighted by molar-refractivity contribution is 5.38. The van der Waals surface area contributed by atoms with E-state index >= 15 is 0 Å². The average molecular weight is 497 g/mol. The van der Waals surface area contributed by atoms with Crippen LogP contribution < -0.4 is 0 Å². The van der Waals surface area contributed by atoms with Crippen molar-refractivity contribution in [2.75, 3.05) is 0 Å². The van der Waals surface area contributed by atoms with Crippen molar-refractivity contribution in [2.45, 2.75) is 129 Å². The lowest BCUT2D eigenvalue weighted by atomic mass is 9.61. The van der Waals surface area contributed by atoms with E-state index in [2.05, 4.69) is 51.7 Å². The van der Waals surface area contributed by atoms with Crippen molar-refractivity contribution in [1.29, 1.82) is 0 Å². The van der Waals surface area contributed by atoms with Gasteiger partial charge in [-0.15, -0.1) is 0 Å². The summed E-state index contributed by atoms with van der Waals surface area (Å²) in [5, 5.41) is 31.4. The van der Waals surface area contributed by atoms with Crippen LogP contribution in [0.1, 0.15) is 111 Å². The fourth-order valence-electron chi connectivity index (χ4n) is 7.99. The Morgan fingerprint density at radius 1 is 1.06 bits per heavy atom. The van der Waals surface area contributed by atoms with Gasteiger partial charge in [-0.3, -0.25) is 0 Å². The molecular formula is C33H52O3. The molecular weight excluding hydrogens is 444 g/mol. The highest BCUT2D eigenvalue weighted by Crippen LogP contribution is 2.60. The minimum absolute atomic E-state index is 0.171. The molecule has 0 saturated heterocycles. The van der Waals surface area contributed by atoms with Gasteiger partial charge in [-0.25, -0.2) is 0 Å². The van der Waals surface area contributed by atoms with Gasteiger partial charge in [0, 0.05) is 6.42 Å². The second-order valence-electron chi connectivity index (χ2n) is 13.0. The molecule has 0 aromatic carbocycles. The Kier molecular flexibility index (Phi) is 9.06. The van der Waals surface area contributed by atoms with Gasteiger partial charge in [-0.2, -0.15) is 0 Å². The second kappa shape index (κ2) is 11.7. The molecule has 3 nitrogen and oxygen atoms in total. The largest absolute Gasteiger partial charge is 0.393 e. The summed E-state index contributed by atoms with van der Waals surface area (Å²) in [4.78, 5) is 0. The van der Waals surface area contributed by atoms with Gasteiger partial charge in [0.15, 0.2) is 0 Å². The van der Waals surface area contributed by atoms with Crippen LogP contribution in [0.5, 0.6) is 0 Å². The van der Waals surface area contributed by atoms with Gasteiger partial charge in [0.1, 0.15) is 0 Å². The Labute approximate surface area is 220 Å². The standard InChI is InChI=1S/C33H52O3/c1-5-6-7-8-18-33(19-20-33)31(36)16-11-23(2)28-14-15-29-25(10-9-17-32(28,29)4)12-13-26-21-27(34)22-30(35)24(26)3/h11-13,16,23,27-31,34-36H,3,5-10,14-15,17-22H2,1-2,4H3/b16-11+,25-12+,26-13-/t23-,27-,28-,29+,30+,31+,32-/m1/s1. The van der Waals surface area contributed by atoms with Crippen LogP contribution >= 0.6 is 0 Å². The maximum Gasteiger partial charge on any atom is 0.0811 e. The fraction of sp³-hybridized carbons (Fsp3) is 0.758. The van der Waals surface area contributed by atoms with Crippen molar-refractivity contribution >= 4 is 0 Å². The number of allylic oxidation sites excluding steroid dienone is 4. The number of aliphatic hydroxyl groups excluding tert-OH is 3. The summed E-state index contributed by atoms with van der Waals surface area (Å²) in [6, 6.07) is 0. The van der Waals surface area contributed by atoms with Crippen molar-refractivity contribution < 1.29 is 15.3 Å². The normalized spacial score (nSPS) is 38.0. The van der Waals surface area contributed by atoms with Gasteiger partial charge in [0.05, 0.1) is 18.3 Å². The third-order valence-corrected chi connectivity index (χ3v) is 10.6. The monoisotopic (exact) mass is 496 g/mol. The third kappa shape index (κ3) is 5.94. The number of unbranched alkanes of at least 4 members (excludes halogenated alkanes) is 3. The molecule has 4 aliphatic carbocycles. The van der Waals surface area contributed by atoms with Crippen LogP contribution in [-0.2, 0) is 0 Å². The Morgan fingerprint density at radius 3 is 2.56 bits per heavy atom. The Balaban J connectivity index is 1.40. The van der Waals surface area contributed by atoms with Gasteiger partial charge in [0.25, 0.3) is 0 Å². The van der Waals surface area contributed by atoms with Crippen molar-refractivity contribution in [3.63, 3.8) is 0 Å². The third-order valence-electron chi connectivity index (χ3n) is 10.6. The maximum atomic E-state index is 11.0. The Hall–Kier alpha value is -1.16. The van der Waals surface area contributed by atoms with Crippen LogP contribution in [0.2, 0.25) is 0 Å². The van der Waals surface area contributed by atoms with Crippen molar-refractivity contribution in [1.82, 2.24) is 0 Å². The minimum atomic E-state index is -0.625. The Bertz CT molecular complexity index is 862. The summed E-state index contributed by atoms with van der Waals surface area (Å²) in [7, 11) is 0. The first-order valence-electron chi connectivity index (χ1n) is 15.0. The predicted molar refractivity (Wildman–Crippen MR) is 149 cm³/mol. The summed E-state index contributed by atoms with van der Waals surface area (Å²) in [6.07, 6.45) is 23.4. The lowest BCUT2D eigenvalue weighted by molar-refractivity contribution is 0.0862. The minimum Gasteiger partial charge on any atom is -0.393 e.